The highest BCUT2D eigenvalue weighted by atomic mass is 16.7. The minimum Gasteiger partial charge on any atom is -0.328 e. The fourth-order valence-corrected chi connectivity index (χ4v) is 4.72. The van der Waals surface area contributed by atoms with Crippen molar-refractivity contribution in [2.24, 2.45) is 17.8 Å². The number of nitrogens with zero attached hydrogens (tertiary/aromatic N) is 3. The van der Waals surface area contributed by atoms with Gasteiger partial charge in [-0.15, -0.1) is 5.06 Å². The van der Waals surface area contributed by atoms with Gasteiger partial charge in [-0.2, -0.15) is 5.06 Å². The summed E-state index contributed by atoms with van der Waals surface area (Å²) in [4.78, 5) is 63.5. The minimum atomic E-state index is -0.829. The number of fused-ring (bicyclic) bond motifs is 4. The fraction of sp³-hybridized carbons (Fsp3) is 0.714. The monoisotopic (exact) mass is 419 g/mol. The van der Waals surface area contributed by atoms with Gasteiger partial charge in [-0.3, -0.25) is 14.4 Å². The van der Waals surface area contributed by atoms with E-state index in [-0.39, 0.29) is 30.3 Å². The van der Waals surface area contributed by atoms with Crippen LogP contribution in [0.1, 0.15) is 52.4 Å². The van der Waals surface area contributed by atoms with E-state index in [9.17, 15) is 19.2 Å². The molecular weight excluding hydrogens is 390 g/mol. The molecule has 1 unspecified atom stereocenters. The lowest BCUT2D eigenvalue weighted by atomic mass is 9.88. The molecule has 0 saturated carbocycles. The topological polar surface area (TPSA) is 96.5 Å². The molecule has 0 N–H and O–H groups in total. The Kier molecular flexibility index (Phi) is 5.81. The molecule has 164 valence electrons. The van der Waals surface area contributed by atoms with Gasteiger partial charge < -0.3 is 9.74 Å². The molecule has 5 atom stereocenters. The number of carbonyl (C=O) groups excluding carboxylic acids is 4. The van der Waals surface area contributed by atoms with Gasteiger partial charge in [0, 0.05) is 18.9 Å². The smallest absolute Gasteiger partial charge is 0.328 e. The normalized spacial score (nSPS) is 33.2. The molecule has 0 aromatic carbocycles. The molecule has 3 fully saturated rings. The van der Waals surface area contributed by atoms with Crippen molar-refractivity contribution in [2.75, 3.05) is 13.2 Å². The lowest BCUT2D eigenvalue weighted by Gasteiger charge is -2.32. The van der Waals surface area contributed by atoms with Crippen LogP contribution in [0.15, 0.2) is 12.2 Å². The van der Waals surface area contributed by atoms with Crippen molar-refractivity contribution in [2.45, 2.75) is 64.5 Å². The first-order chi connectivity index (χ1) is 14.4. The van der Waals surface area contributed by atoms with E-state index in [1.165, 1.54) is 9.96 Å². The number of hydrogen-bond donors (Lipinski definition) is 0. The summed E-state index contributed by atoms with van der Waals surface area (Å²) in [7, 11) is 0. The van der Waals surface area contributed by atoms with Crippen molar-refractivity contribution in [3.8, 4) is 0 Å². The van der Waals surface area contributed by atoms with Crippen LogP contribution in [-0.4, -0.2) is 64.1 Å². The average Bonchev–Trinajstić information content (AvgIpc) is 3.29. The van der Waals surface area contributed by atoms with E-state index in [1.807, 2.05) is 19.1 Å². The van der Waals surface area contributed by atoms with Gasteiger partial charge in [-0.25, -0.2) is 9.59 Å². The largest absolute Gasteiger partial charge is 0.355 e. The van der Waals surface area contributed by atoms with Crippen molar-refractivity contribution in [3.05, 3.63) is 12.2 Å². The van der Waals surface area contributed by atoms with Crippen molar-refractivity contribution < 1.29 is 28.9 Å². The van der Waals surface area contributed by atoms with E-state index < -0.39 is 29.7 Å². The van der Waals surface area contributed by atoms with E-state index in [0.717, 1.165) is 19.3 Å². The van der Waals surface area contributed by atoms with Crippen molar-refractivity contribution in [3.63, 3.8) is 0 Å². The number of rotatable bonds is 6. The fourth-order valence-electron chi connectivity index (χ4n) is 4.72. The molecule has 3 saturated heterocycles. The number of unbranched alkanes of at least 4 members (excludes halogenated alkanes) is 1. The van der Waals surface area contributed by atoms with Crippen LogP contribution in [0.2, 0.25) is 0 Å². The maximum Gasteiger partial charge on any atom is 0.355 e. The number of carbonyl (C=O) groups is 4. The standard InChI is InChI=1S/C21H29N3O6/c1-3-4-9-29-23-16-7-8-17(22(12-16)21(23)28)20(27)30-24-18(25)11-14-5-6-15(10-14)13(2)19(24)26/h5-6,13-17H,3-4,7-12H2,1-2H3/t13?,14-,15+,16-,17-/m0/s1. The summed E-state index contributed by atoms with van der Waals surface area (Å²) in [6, 6.07) is -1.29. The number of urea groups is 1. The van der Waals surface area contributed by atoms with Crippen LogP contribution in [0.5, 0.6) is 0 Å². The molecule has 0 spiro atoms. The lowest BCUT2D eigenvalue weighted by molar-refractivity contribution is -0.209. The summed E-state index contributed by atoms with van der Waals surface area (Å²) >= 11 is 0. The van der Waals surface area contributed by atoms with Gasteiger partial charge in [-0.05, 0) is 37.5 Å². The summed E-state index contributed by atoms with van der Waals surface area (Å²) in [5.41, 5.74) is 0. The summed E-state index contributed by atoms with van der Waals surface area (Å²) in [5.74, 6) is -2.11. The van der Waals surface area contributed by atoms with Crippen LogP contribution >= 0.6 is 0 Å². The molecule has 1 aliphatic carbocycles. The van der Waals surface area contributed by atoms with Crippen LogP contribution < -0.4 is 0 Å². The third kappa shape index (κ3) is 3.71. The number of amides is 4. The molecule has 4 amide bonds. The van der Waals surface area contributed by atoms with Crippen LogP contribution in [0.3, 0.4) is 0 Å². The molecule has 4 bridgehead atoms. The second-order valence-corrected chi connectivity index (χ2v) is 8.67. The number of hydroxylamine groups is 4. The maximum atomic E-state index is 12.9. The zero-order valence-corrected chi connectivity index (χ0v) is 17.5. The summed E-state index contributed by atoms with van der Waals surface area (Å²) in [6.45, 7) is 4.61. The van der Waals surface area contributed by atoms with Gasteiger partial charge in [0.15, 0.2) is 0 Å². The molecule has 0 aromatic heterocycles. The second kappa shape index (κ2) is 8.37. The number of allylic oxidation sites excluding steroid dienone is 2. The van der Waals surface area contributed by atoms with Crippen molar-refractivity contribution >= 4 is 23.8 Å². The Balaban J connectivity index is 1.43. The third-order valence-electron chi connectivity index (χ3n) is 6.61. The number of piperidine rings is 1. The Morgan fingerprint density at radius 1 is 1.20 bits per heavy atom. The first-order valence-electron chi connectivity index (χ1n) is 10.9. The number of hydrogen-bond acceptors (Lipinski definition) is 6. The second-order valence-electron chi connectivity index (χ2n) is 8.67. The molecule has 0 aromatic rings. The van der Waals surface area contributed by atoms with E-state index in [0.29, 0.717) is 31.1 Å². The molecule has 4 rings (SSSR count). The summed E-state index contributed by atoms with van der Waals surface area (Å²) in [6.07, 6.45) is 7.64. The van der Waals surface area contributed by atoms with Gasteiger partial charge in [0.1, 0.15) is 6.04 Å². The van der Waals surface area contributed by atoms with Crippen molar-refractivity contribution in [1.29, 1.82) is 0 Å². The van der Waals surface area contributed by atoms with Crippen LogP contribution in [0.4, 0.5) is 4.79 Å². The minimum absolute atomic E-state index is 0.0428. The van der Waals surface area contributed by atoms with Gasteiger partial charge in [0.25, 0.3) is 11.8 Å². The lowest BCUT2D eigenvalue weighted by Crippen LogP contribution is -2.51. The highest BCUT2D eigenvalue weighted by Gasteiger charge is 2.50. The van der Waals surface area contributed by atoms with Gasteiger partial charge in [0.2, 0.25) is 0 Å². The molecule has 0 radical (unpaired) electrons. The van der Waals surface area contributed by atoms with E-state index in [4.69, 9.17) is 9.68 Å². The quantitative estimate of drug-likeness (QED) is 0.371. The molecule has 9 nitrogen and oxygen atoms in total. The Labute approximate surface area is 175 Å². The predicted octanol–water partition coefficient (Wildman–Crippen LogP) is 2.03. The number of imide groups is 1. The van der Waals surface area contributed by atoms with Gasteiger partial charge in [0.05, 0.1) is 12.6 Å². The molecule has 3 heterocycles. The van der Waals surface area contributed by atoms with Crippen LogP contribution in [-0.2, 0) is 24.1 Å². The van der Waals surface area contributed by atoms with E-state index >= 15 is 0 Å². The average molecular weight is 419 g/mol. The SMILES string of the molecule is CCCCON1C(=O)N2C[C@@H]1CC[C@H]2C(=O)ON1C(=O)C[C@H]2C=C[C@H](C2)C(C)C1=O. The summed E-state index contributed by atoms with van der Waals surface area (Å²) in [5, 5.41) is 2.00. The van der Waals surface area contributed by atoms with Gasteiger partial charge in [-0.1, -0.05) is 32.4 Å². The summed E-state index contributed by atoms with van der Waals surface area (Å²) < 4.78 is 0. The zero-order valence-electron chi connectivity index (χ0n) is 17.5. The van der Waals surface area contributed by atoms with Crippen LogP contribution in [0.25, 0.3) is 0 Å². The third-order valence-corrected chi connectivity index (χ3v) is 6.61. The Morgan fingerprint density at radius 2 is 2.00 bits per heavy atom. The van der Waals surface area contributed by atoms with Gasteiger partial charge >= 0.3 is 12.0 Å². The highest BCUT2D eigenvalue weighted by molar-refractivity contribution is 5.97. The molecule has 30 heavy (non-hydrogen) atoms. The molecule has 9 heteroatoms. The zero-order chi connectivity index (χ0) is 21.4. The van der Waals surface area contributed by atoms with Crippen LogP contribution in [0, 0.1) is 17.8 Å². The molecule has 4 aliphatic rings. The Hall–Kier alpha value is -2.42. The molecule has 3 aliphatic heterocycles. The first-order valence-corrected chi connectivity index (χ1v) is 10.9. The Bertz CT molecular complexity index is 768. The Morgan fingerprint density at radius 3 is 2.77 bits per heavy atom. The first kappa shape index (κ1) is 20.8. The highest BCUT2D eigenvalue weighted by Crippen LogP contribution is 2.36. The molecular formula is C21H29N3O6. The van der Waals surface area contributed by atoms with E-state index in [1.54, 1.807) is 6.92 Å². The predicted molar refractivity (Wildman–Crippen MR) is 104 cm³/mol. The van der Waals surface area contributed by atoms with E-state index in [2.05, 4.69) is 0 Å². The van der Waals surface area contributed by atoms with Crippen molar-refractivity contribution in [1.82, 2.24) is 15.0 Å². The maximum absolute atomic E-state index is 12.9.